The first kappa shape index (κ1) is 17.1. The van der Waals surface area contributed by atoms with E-state index in [1.807, 2.05) is 17.9 Å². The van der Waals surface area contributed by atoms with Crippen molar-refractivity contribution in [3.63, 3.8) is 0 Å². The van der Waals surface area contributed by atoms with Gasteiger partial charge in [0.1, 0.15) is 5.82 Å². The van der Waals surface area contributed by atoms with Gasteiger partial charge in [0, 0.05) is 13.1 Å². The predicted molar refractivity (Wildman–Crippen MR) is 92.9 cm³/mol. The standard InChI is InChI=1S/C17H21N5O3/c1-2-21(11-16(24)22-8-7-18-15(23)10-22)9-14-19-13-6-4-3-5-12(13)17(25)20-14/h3-6H,2,7-11H2,1H3,(H,18,23)(H,19,20,25). The fourth-order valence-electron chi connectivity index (χ4n) is 2.84. The van der Waals surface area contributed by atoms with Crippen LogP contribution >= 0.6 is 0 Å². The molecule has 0 bridgehead atoms. The Bertz CT molecular complexity index is 848. The van der Waals surface area contributed by atoms with Gasteiger partial charge in [-0.3, -0.25) is 19.3 Å². The zero-order chi connectivity index (χ0) is 17.8. The van der Waals surface area contributed by atoms with E-state index in [9.17, 15) is 14.4 Å². The van der Waals surface area contributed by atoms with Crippen molar-refractivity contribution in [1.29, 1.82) is 0 Å². The number of carbonyl (C=O) groups is 2. The first-order chi connectivity index (χ1) is 12.1. The van der Waals surface area contributed by atoms with Gasteiger partial charge in [-0.15, -0.1) is 0 Å². The Morgan fingerprint density at radius 3 is 2.88 bits per heavy atom. The van der Waals surface area contributed by atoms with Crippen LogP contribution in [-0.2, 0) is 16.1 Å². The van der Waals surface area contributed by atoms with Crippen molar-refractivity contribution >= 4 is 22.7 Å². The molecule has 25 heavy (non-hydrogen) atoms. The van der Waals surface area contributed by atoms with E-state index in [0.29, 0.717) is 42.9 Å². The van der Waals surface area contributed by atoms with Crippen LogP contribution in [0.2, 0.25) is 0 Å². The third-order valence-electron chi connectivity index (χ3n) is 4.23. The van der Waals surface area contributed by atoms with Crippen molar-refractivity contribution in [3.05, 3.63) is 40.4 Å². The van der Waals surface area contributed by atoms with Crippen LogP contribution in [0.1, 0.15) is 12.7 Å². The summed E-state index contributed by atoms with van der Waals surface area (Å²) in [5, 5.41) is 3.25. The number of piperazine rings is 1. The van der Waals surface area contributed by atoms with Crippen molar-refractivity contribution in [2.24, 2.45) is 0 Å². The van der Waals surface area contributed by atoms with E-state index in [0.717, 1.165) is 0 Å². The Balaban J connectivity index is 1.70. The van der Waals surface area contributed by atoms with Gasteiger partial charge in [-0.2, -0.15) is 0 Å². The summed E-state index contributed by atoms with van der Waals surface area (Å²) in [5.74, 6) is 0.290. The van der Waals surface area contributed by atoms with E-state index in [-0.39, 0.29) is 30.5 Å². The molecule has 1 fully saturated rings. The predicted octanol–water partition coefficient (Wildman–Crippen LogP) is -0.297. The average molecular weight is 343 g/mol. The first-order valence-electron chi connectivity index (χ1n) is 8.31. The molecule has 0 spiro atoms. The maximum absolute atomic E-state index is 12.4. The smallest absolute Gasteiger partial charge is 0.258 e. The van der Waals surface area contributed by atoms with Crippen molar-refractivity contribution < 1.29 is 9.59 Å². The normalized spacial score (nSPS) is 14.8. The molecule has 0 saturated carbocycles. The molecular formula is C17H21N5O3. The van der Waals surface area contributed by atoms with Crippen molar-refractivity contribution in [3.8, 4) is 0 Å². The van der Waals surface area contributed by atoms with Gasteiger partial charge in [-0.1, -0.05) is 19.1 Å². The molecule has 8 nitrogen and oxygen atoms in total. The molecule has 0 aliphatic carbocycles. The van der Waals surface area contributed by atoms with Crippen LogP contribution < -0.4 is 10.9 Å². The molecule has 2 amide bonds. The van der Waals surface area contributed by atoms with Crippen LogP contribution in [0.5, 0.6) is 0 Å². The molecule has 2 aromatic rings. The van der Waals surface area contributed by atoms with Gasteiger partial charge in [0.15, 0.2) is 0 Å². The molecule has 2 heterocycles. The summed E-state index contributed by atoms with van der Waals surface area (Å²) in [6, 6.07) is 7.15. The number of nitrogens with zero attached hydrogens (tertiary/aromatic N) is 3. The van der Waals surface area contributed by atoms with Gasteiger partial charge in [0.05, 0.1) is 30.5 Å². The molecule has 1 aliphatic heterocycles. The Hall–Kier alpha value is -2.74. The van der Waals surface area contributed by atoms with Gasteiger partial charge >= 0.3 is 0 Å². The maximum atomic E-state index is 12.4. The molecule has 1 saturated heterocycles. The zero-order valence-electron chi connectivity index (χ0n) is 14.1. The Labute approximate surface area is 144 Å². The minimum absolute atomic E-state index is 0.0974. The fraction of sp³-hybridized carbons (Fsp3) is 0.412. The second kappa shape index (κ2) is 7.43. The lowest BCUT2D eigenvalue weighted by Crippen LogP contribution is -2.52. The van der Waals surface area contributed by atoms with E-state index in [1.165, 1.54) is 0 Å². The van der Waals surface area contributed by atoms with Crippen LogP contribution in [-0.4, -0.2) is 64.3 Å². The Morgan fingerprint density at radius 2 is 2.12 bits per heavy atom. The summed E-state index contributed by atoms with van der Waals surface area (Å²) in [7, 11) is 0. The number of para-hydroxylation sites is 1. The molecule has 0 unspecified atom stereocenters. The SMILES string of the molecule is CCN(CC(=O)N1CCNC(=O)C1)Cc1nc2ccccc2c(=O)[nH]1. The van der Waals surface area contributed by atoms with E-state index in [1.54, 1.807) is 23.1 Å². The number of H-pyrrole nitrogens is 1. The number of fused-ring (bicyclic) bond motifs is 1. The quantitative estimate of drug-likeness (QED) is 0.777. The number of benzene rings is 1. The van der Waals surface area contributed by atoms with Crippen molar-refractivity contribution in [1.82, 2.24) is 25.1 Å². The van der Waals surface area contributed by atoms with Crippen LogP contribution in [0.15, 0.2) is 29.1 Å². The van der Waals surface area contributed by atoms with Gasteiger partial charge in [-0.05, 0) is 18.7 Å². The van der Waals surface area contributed by atoms with Crippen molar-refractivity contribution in [2.75, 3.05) is 32.7 Å². The van der Waals surface area contributed by atoms with E-state index >= 15 is 0 Å². The molecular weight excluding hydrogens is 322 g/mol. The molecule has 0 radical (unpaired) electrons. The van der Waals surface area contributed by atoms with Gasteiger partial charge < -0.3 is 15.2 Å². The molecule has 132 valence electrons. The second-order valence-electron chi connectivity index (χ2n) is 6.00. The number of rotatable bonds is 5. The largest absolute Gasteiger partial charge is 0.353 e. The molecule has 1 aromatic heterocycles. The van der Waals surface area contributed by atoms with Crippen LogP contribution in [0.3, 0.4) is 0 Å². The third kappa shape index (κ3) is 4.03. The Morgan fingerprint density at radius 1 is 1.32 bits per heavy atom. The summed E-state index contributed by atoms with van der Waals surface area (Å²) in [5.41, 5.74) is 0.451. The molecule has 0 atom stereocenters. The summed E-state index contributed by atoms with van der Waals surface area (Å²) in [4.78, 5) is 46.6. The highest BCUT2D eigenvalue weighted by molar-refractivity contribution is 5.86. The fourth-order valence-corrected chi connectivity index (χ4v) is 2.84. The Kier molecular flexibility index (Phi) is 5.08. The van der Waals surface area contributed by atoms with Crippen LogP contribution in [0, 0.1) is 0 Å². The summed E-state index contributed by atoms with van der Waals surface area (Å²) < 4.78 is 0. The number of aromatic nitrogens is 2. The lowest BCUT2D eigenvalue weighted by Gasteiger charge is -2.29. The topological polar surface area (TPSA) is 98.4 Å². The maximum Gasteiger partial charge on any atom is 0.258 e. The van der Waals surface area contributed by atoms with Crippen LogP contribution in [0.25, 0.3) is 10.9 Å². The highest BCUT2D eigenvalue weighted by atomic mass is 16.2. The lowest BCUT2D eigenvalue weighted by atomic mass is 10.2. The van der Waals surface area contributed by atoms with E-state index < -0.39 is 0 Å². The lowest BCUT2D eigenvalue weighted by molar-refractivity contribution is -0.139. The number of hydrogen-bond acceptors (Lipinski definition) is 5. The number of amides is 2. The minimum Gasteiger partial charge on any atom is -0.353 e. The zero-order valence-corrected chi connectivity index (χ0v) is 14.1. The third-order valence-corrected chi connectivity index (χ3v) is 4.23. The van der Waals surface area contributed by atoms with Crippen molar-refractivity contribution in [2.45, 2.75) is 13.5 Å². The average Bonchev–Trinajstić information content (AvgIpc) is 2.61. The van der Waals surface area contributed by atoms with Crippen LogP contribution in [0.4, 0.5) is 0 Å². The molecule has 2 N–H and O–H groups in total. The summed E-state index contributed by atoms with van der Waals surface area (Å²) in [6.45, 7) is 4.21. The number of hydrogen-bond donors (Lipinski definition) is 2. The summed E-state index contributed by atoms with van der Waals surface area (Å²) >= 11 is 0. The van der Waals surface area contributed by atoms with Gasteiger partial charge in [0.2, 0.25) is 11.8 Å². The first-order valence-corrected chi connectivity index (χ1v) is 8.31. The van der Waals surface area contributed by atoms with E-state index in [2.05, 4.69) is 15.3 Å². The highest BCUT2D eigenvalue weighted by Crippen LogP contribution is 2.07. The minimum atomic E-state index is -0.185. The summed E-state index contributed by atoms with van der Waals surface area (Å²) in [6.07, 6.45) is 0. The molecule has 1 aliphatic rings. The van der Waals surface area contributed by atoms with E-state index in [4.69, 9.17) is 0 Å². The molecule has 8 heteroatoms. The monoisotopic (exact) mass is 343 g/mol. The number of nitrogens with one attached hydrogen (secondary N) is 2. The van der Waals surface area contributed by atoms with Gasteiger partial charge in [-0.25, -0.2) is 4.98 Å². The highest BCUT2D eigenvalue weighted by Gasteiger charge is 2.22. The number of carbonyl (C=O) groups excluding carboxylic acids is 2. The number of aromatic amines is 1. The molecule has 1 aromatic carbocycles. The second-order valence-corrected chi connectivity index (χ2v) is 6.00. The number of likely N-dealkylation sites (N-methyl/N-ethyl adjacent to an activating group) is 1. The molecule has 3 rings (SSSR count). The van der Waals surface area contributed by atoms with Gasteiger partial charge in [0.25, 0.3) is 5.56 Å².